The first-order chi connectivity index (χ1) is 9.94. The van der Waals surface area contributed by atoms with Crippen LogP contribution in [-0.2, 0) is 6.42 Å². The fraction of sp³-hybridized carbons (Fsp3) is 0.133. The predicted octanol–water partition coefficient (Wildman–Crippen LogP) is 3.99. The third-order valence-corrected chi connectivity index (χ3v) is 2.67. The number of carbonyl (C=O) groups excluding carboxylic acids is 1. The summed E-state index contributed by atoms with van der Waals surface area (Å²) in [6, 6.07) is 8.02. The summed E-state index contributed by atoms with van der Waals surface area (Å²) in [5.41, 5.74) is 0.288. The van der Waals surface area contributed by atoms with E-state index >= 15 is 0 Å². The molecule has 0 fully saturated rings. The maximum Gasteiger partial charge on any atom is 0.387 e. The Morgan fingerprint density at radius 2 is 1.71 bits per heavy atom. The van der Waals surface area contributed by atoms with Crippen molar-refractivity contribution in [2.75, 3.05) is 0 Å². The van der Waals surface area contributed by atoms with E-state index in [2.05, 4.69) is 4.74 Å². The van der Waals surface area contributed by atoms with Crippen LogP contribution in [0.2, 0.25) is 0 Å². The Bertz CT molecular complexity index is 636. The lowest BCUT2D eigenvalue weighted by atomic mass is 10.0. The lowest BCUT2D eigenvalue weighted by Crippen LogP contribution is -2.06. The van der Waals surface area contributed by atoms with Crippen molar-refractivity contribution in [2.45, 2.75) is 13.0 Å². The summed E-state index contributed by atoms with van der Waals surface area (Å²) in [5.74, 6) is -2.18. The van der Waals surface area contributed by atoms with Crippen molar-refractivity contribution in [3.63, 3.8) is 0 Å². The van der Waals surface area contributed by atoms with Crippen LogP contribution in [0.5, 0.6) is 5.75 Å². The topological polar surface area (TPSA) is 26.3 Å². The average Bonchev–Trinajstić information content (AvgIpc) is 2.36. The van der Waals surface area contributed by atoms with E-state index in [0.29, 0.717) is 6.07 Å². The number of halogens is 4. The second-order valence-electron chi connectivity index (χ2n) is 4.28. The van der Waals surface area contributed by atoms with E-state index in [1.165, 1.54) is 18.2 Å². The third-order valence-electron chi connectivity index (χ3n) is 2.67. The molecular weight excluding hydrogens is 288 g/mol. The normalized spacial score (nSPS) is 10.7. The highest BCUT2D eigenvalue weighted by atomic mass is 19.3. The molecule has 0 spiro atoms. The molecule has 0 saturated heterocycles. The fourth-order valence-corrected chi connectivity index (χ4v) is 1.85. The van der Waals surface area contributed by atoms with Gasteiger partial charge in [-0.2, -0.15) is 8.78 Å². The van der Waals surface area contributed by atoms with Gasteiger partial charge in [0.05, 0.1) is 0 Å². The quantitative estimate of drug-likeness (QED) is 0.616. The van der Waals surface area contributed by atoms with E-state index in [1.54, 1.807) is 0 Å². The summed E-state index contributed by atoms with van der Waals surface area (Å²) in [4.78, 5) is 12.0. The summed E-state index contributed by atoms with van der Waals surface area (Å²) < 4.78 is 54.5. The fourth-order valence-electron chi connectivity index (χ4n) is 1.85. The number of hydrogen-bond acceptors (Lipinski definition) is 2. The van der Waals surface area contributed by atoms with Crippen LogP contribution in [0.1, 0.15) is 15.9 Å². The zero-order chi connectivity index (χ0) is 15.4. The number of ketones is 1. The maximum atomic E-state index is 13.0. The Morgan fingerprint density at radius 3 is 2.33 bits per heavy atom. The first kappa shape index (κ1) is 15.0. The number of Topliss-reactive ketones (excluding diaryl/α,β-unsaturated/α-hetero) is 1. The first-order valence-electron chi connectivity index (χ1n) is 5.97. The summed E-state index contributed by atoms with van der Waals surface area (Å²) in [6.45, 7) is -2.99. The van der Waals surface area contributed by atoms with Crippen LogP contribution in [0.4, 0.5) is 17.6 Å². The summed E-state index contributed by atoms with van der Waals surface area (Å²) in [7, 11) is 0. The molecule has 0 bridgehead atoms. The van der Waals surface area contributed by atoms with Gasteiger partial charge in [-0.05, 0) is 29.8 Å². The minimum absolute atomic E-state index is 0.123. The van der Waals surface area contributed by atoms with Gasteiger partial charge in [0.1, 0.15) is 17.4 Å². The van der Waals surface area contributed by atoms with Crippen LogP contribution in [0.3, 0.4) is 0 Å². The van der Waals surface area contributed by atoms with Crippen LogP contribution in [-0.4, -0.2) is 12.4 Å². The molecule has 2 aromatic carbocycles. The predicted molar refractivity (Wildman–Crippen MR) is 67.5 cm³/mol. The van der Waals surface area contributed by atoms with E-state index < -0.39 is 24.0 Å². The Morgan fingerprint density at radius 1 is 1.05 bits per heavy atom. The molecule has 0 atom stereocenters. The zero-order valence-corrected chi connectivity index (χ0v) is 10.7. The highest BCUT2D eigenvalue weighted by Crippen LogP contribution is 2.18. The monoisotopic (exact) mass is 298 g/mol. The van der Waals surface area contributed by atoms with Gasteiger partial charge in [0.25, 0.3) is 0 Å². The Hall–Kier alpha value is -2.37. The largest absolute Gasteiger partial charge is 0.435 e. The molecule has 6 heteroatoms. The molecule has 2 aromatic rings. The van der Waals surface area contributed by atoms with E-state index in [0.717, 1.165) is 18.2 Å². The number of benzene rings is 2. The number of ether oxygens (including phenoxy) is 1. The van der Waals surface area contributed by atoms with Crippen molar-refractivity contribution in [1.82, 2.24) is 0 Å². The molecule has 110 valence electrons. The smallest absolute Gasteiger partial charge is 0.387 e. The number of rotatable bonds is 5. The molecule has 0 aliphatic rings. The standard InChI is InChI=1S/C15H10F4O2/c16-11-4-9(5-12(17)8-11)6-14(20)10-2-1-3-13(7-10)21-15(18)19/h1-5,7-8,15H,6H2. The third kappa shape index (κ3) is 4.30. The van der Waals surface area contributed by atoms with Crippen LogP contribution in [0.15, 0.2) is 42.5 Å². The van der Waals surface area contributed by atoms with Crippen molar-refractivity contribution >= 4 is 5.78 Å². The van der Waals surface area contributed by atoms with Gasteiger partial charge in [-0.25, -0.2) is 8.78 Å². The first-order valence-corrected chi connectivity index (χ1v) is 5.97. The average molecular weight is 298 g/mol. The highest BCUT2D eigenvalue weighted by molar-refractivity contribution is 5.97. The summed E-state index contributed by atoms with van der Waals surface area (Å²) >= 11 is 0. The molecule has 2 rings (SSSR count). The molecule has 2 nitrogen and oxygen atoms in total. The molecule has 21 heavy (non-hydrogen) atoms. The molecule has 0 aromatic heterocycles. The van der Waals surface area contributed by atoms with Crippen molar-refractivity contribution in [2.24, 2.45) is 0 Å². The van der Waals surface area contributed by atoms with Gasteiger partial charge in [-0.15, -0.1) is 0 Å². The number of hydrogen-bond donors (Lipinski definition) is 0. The minimum Gasteiger partial charge on any atom is -0.435 e. The van der Waals surface area contributed by atoms with Crippen molar-refractivity contribution < 1.29 is 27.1 Å². The molecular formula is C15H10F4O2. The number of alkyl halides is 2. The SMILES string of the molecule is O=C(Cc1cc(F)cc(F)c1)c1cccc(OC(F)F)c1. The molecule has 0 aliphatic heterocycles. The molecule has 0 heterocycles. The maximum absolute atomic E-state index is 13.0. The molecule has 0 amide bonds. The number of carbonyl (C=O) groups is 1. The van der Waals surface area contributed by atoms with E-state index in [9.17, 15) is 22.4 Å². The van der Waals surface area contributed by atoms with Gasteiger partial charge in [0, 0.05) is 18.1 Å². The molecule has 0 unspecified atom stereocenters. The van der Waals surface area contributed by atoms with Crippen molar-refractivity contribution in [3.05, 3.63) is 65.2 Å². The van der Waals surface area contributed by atoms with Gasteiger partial charge in [0.2, 0.25) is 0 Å². The molecule has 0 N–H and O–H groups in total. The van der Waals surface area contributed by atoms with Gasteiger partial charge in [-0.1, -0.05) is 12.1 Å². The lowest BCUT2D eigenvalue weighted by Gasteiger charge is -2.06. The van der Waals surface area contributed by atoms with Crippen LogP contribution in [0, 0.1) is 11.6 Å². The molecule has 0 radical (unpaired) electrons. The Labute approximate surface area is 118 Å². The highest BCUT2D eigenvalue weighted by Gasteiger charge is 2.11. The van der Waals surface area contributed by atoms with Crippen molar-refractivity contribution in [1.29, 1.82) is 0 Å². The Balaban J connectivity index is 2.16. The lowest BCUT2D eigenvalue weighted by molar-refractivity contribution is -0.0498. The molecule has 0 saturated carbocycles. The van der Waals surface area contributed by atoms with Gasteiger partial charge >= 0.3 is 6.61 Å². The minimum atomic E-state index is -2.99. The van der Waals surface area contributed by atoms with Crippen LogP contribution in [0.25, 0.3) is 0 Å². The van der Waals surface area contributed by atoms with Gasteiger partial charge in [-0.3, -0.25) is 4.79 Å². The van der Waals surface area contributed by atoms with E-state index in [1.807, 2.05) is 0 Å². The van der Waals surface area contributed by atoms with Gasteiger partial charge in [0.15, 0.2) is 5.78 Å². The van der Waals surface area contributed by atoms with E-state index in [-0.39, 0.29) is 23.3 Å². The van der Waals surface area contributed by atoms with E-state index in [4.69, 9.17) is 0 Å². The second-order valence-corrected chi connectivity index (χ2v) is 4.28. The summed E-state index contributed by atoms with van der Waals surface area (Å²) in [5, 5.41) is 0. The zero-order valence-electron chi connectivity index (χ0n) is 10.7. The Kier molecular flexibility index (Phi) is 4.57. The van der Waals surface area contributed by atoms with Crippen LogP contribution >= 0.6 is 0 Å². The van der Waals surface area contributed by atoms with Crippen molar-refractivity contribution in [3.8, 4) is 5.75 Å². The van der Waals surface area contributed by atoms with Gasteiger partial charge < -0.3 is 4.74 Å². The molecule has 0 aliphatic carbocycles. The second kappa shape index (κ2) is 6.39. The van der Waals surface area contributed by atoms with Crippen LogP contribution < -0.4 is 4.74 Å². The summed E-state index contributed by atoms with van der Waals surface area (Å²) in [6.07, 6.45) is -0.243.